The van der Waals surface area contributed by atoms with E-state index >= 15 is 0 Å². The molecule has 3 aliphatic rings. The molecule has 5 rings (SSSR count). The fourth-order valence-corrected chi connectivity index (χ4v) is 5.79. The van der Waals surface area contributed by atoms with Crippen LogP contribution in [0.2, 0.25) is 0 Å². The molecule has 1 spiro atoms. The monoisotopic (exact) mass is 555 g/mol. The minimum absolute atomic E-state index is 0.0223. The van der Waals surface area contributed by atoms with Crippen LogP contribution in [0.15, 0.2) is 30.5 Å². The second-order valence-electron chi connectivity index (χ2n) is 11.5. The Labute approximate surface area is 235 Å². The molecule has 10 heteroatoms. The molecule has 1 aliphatic carbocycles. The van der Waals surface area contributed by atoms with Crippen LogP contribution in [0.25, 0.3) is 0 Å². The minimum Gasteiger partial charge on any atom is -0.471 e. The Hall–Kier alpha value is -2.92. The van der Waals surface area contributed by atoms with Crippen LogP contribution in [-0.4, -0.2) is 67.6 Å². The van der Waals surface area contributed by atoms with Crippen molar-refractivity contribution >= 4 is 5.91 Å². The highest BCUT2D eigenvalue weighted by molar-refractivity contribution is 5.79. The van der Waals surface area contributed by atoms with Crippen LogP contribution in [0.1, 0.15) is 62.3 Å². The number of ether oxygens (including phenoxy) is 5. The number of amides is 1. The lowest BCUT2D eigenvalue weighted by Crippen LogP contribution is -2.53. The van der Waals surface area contributed by atoms with E-state index in [1.165, 1.54) is 19.8 Å². The highest BCUT2D eigenvalue weighted by Gasteiger charge is 2.46. The van der Waals surface area contributed by atoms with Gasteiger partial charge in [-0.25, -0.2) is 4.98 Å². The van der Waals surface area contributed by atoms with Crippen LogP contribution in [0.4, 0.5) is 0 Å². The molecule has 1 aromatic carbocycles. The number of aliphatic hydroxyl groups is 1. The molecule has 0 saturated heterocycles. The fourth-order valence-electron chi connectivity index (χ4n) is 5.79. The van der Waals surface area contributed by atoms with Gasteiger partial charge in [-0.05, 0) is 67.3 Å². The van der Waals surface area contributed by atoms with Gasteiger partial charge in [0.2, 0.25) is 19.0 Å². The average Bonchev–Trinajstić information content (AvgIpc) is 3.38. The first-order valence-corrected chi connectivity index (χ1v) is 14.1. The lowest BCUT2D eigenvalue weighted by Gasteiger charge is -2.47. The molecule has 1 fully saturated rings. The zero-order valence-corrected chi connectivity index (χ0v) is 23.8. The maximum absolute atomic E-state index is 12.9. The quantitative estimate of drug-likeness (QED) is 0.340. The minimum atomic E-state index is -1.08. The van der Waals surface area contributed by atoms with Crippen LogP contribution in [-0.2, 0) is 27.1 Å². The van der Waals surface area contributed by atoms with Gasteiger partial charge >= 0.3 is 0 Å². The molecule has 1 aromatic heterocycles. The normalized spacial score (nSPS) is 20.1. The standard InChI is InChI=1S/C30H41N3O7/c1-18(2)10-20-11-21-23(14-30(8-5-9-30)40-28(21)32-15-20)31-16-24(34)22(33-27(35)29(36-3)37-4)12-19-6-7-25-26(13-19)39-17-38-25/h6-7,11,13,15,18,22-24,29,31,34H,5,8-10,12,14,16-17H2,1-4H3,(H,33,35)/t22-,23-,24+/m0/s1. The van der Waals surface area contributed by atoms with Crippen molar-refractivity contribution in [1.82, 2.24) is 15.6 Å². The Morgan fingerprint density at radius 3 is 2.60 bits per heavy atom. The van der Waals surface area contributed by atoms with E-state index in [-0.39, 0.29) is 25.0 Å². The second-order valence-corrected chi connectivity index (χ2v) is 11.5. The molecule has 2 aliphatic heterocycles. The molecule has 3 N–H and O–H groups in total. The van der Waals surface area contributed by atoms with Gasteiger partial charge in [0.1, 0.15) is 5.60 Å². The SMILES string of the molecule is COC(OC)C(=O)N[C@@H](Cc1ccc2c(c1)OCO2)[C@H](O)CN[C@H]1CC2(CCC2)Oc2ncc(CC(C)C)cc21. The Bertz CT molecular complexity index is 1180. The first kappa shape index (κ1) is 28.6. The van der Waals surface area contributed by atoms with Crippen LogP contribution in [0.5, 0.6) is 17.4 Å². The van der Waals surface area contributed by atoms with Gasteiger partial charge in [0, 0.05) is 45.0 Å². The van der Waals surface area contributed by atoms with Crippen molar-refractivity contribution < 1.29 is 33.6 Å². The first-order valence-electron chi connectivity index (χ1n) is 14.1. The third-order valence-corrected chi connectivity index (χ3v) is 8.01. The number of aromatic nitrogens is 1. The van der Waals surface area contributed by atoms with Crippen LogP contribution < -0.4 is 24.8 Å². The van der Waals surface area contributed by atoms with Gasteiger partial charge in [-0.2, -0.15) is 0 Å². The van der Waals surface area contributed by atoms with Crippen molar-refractivity contribution in [1.29, 1.82) is 0 Å². The van der Waals surface area contributed by atoms with E-state index in [2.05, 4.69) is 30.5 Å². The molecule has 0 bridgehead atoms. The van der Waals surface area contributed by atoms with Crippen LogP contribution in [0.3, 0.4) is 0 Å². The number of nitrogens with zero attached hydrogens (tertiary/aromatic N) is 1. The number of rotatable bonds is 12. The summed E-state index contributed by atoms with van der Waals surface area (Å²) in [5.41, 5.74) is 2.89. The molecule has 3 heterocycles. The predicted octanol–water partition coefficient (Wildman–Crippen LogP) is 3.05. The molecular formula is C30H41N3O7. The topological polar surface area (TPSA) is 120 Å². The number of carbonyl (C=O) groups is 1. The maximum Gasteiger partial charge on any atom is 0.277 e. The molecule has 1 amide bonds. The average molecular weight is 556 g/mol. The molecule has 10 nitrogen and oxygen atoms in total. The molecule has 218 valence electrons. The molecule has 0 unspecified atom stereocenters. The Morgan fingerprint density at radius 2 is 1.90 bits per heavy atom. The molecule has 2 aromatic rings. The van der Waals surface area contributed by atoms with Crippen LogP contribution in [0, 0.1) is 5.92 Å². The van der Waals surface area contributed by atoms with Gasteiger partial charge in [-0.1, -0.05) is 19.9 Å². The number of hydrogen-bond acceptors (Lipinski definition) is 9. The summed E-state index contributed by atoms with van der Waals surface area (Å²) in [6.45, 7) is 4.82. The van der Waals surface area contributed by atoms with E-state index in [1.807, 2.05) is 24.4 Å². The van der Waals surface area contributed by atoms with E-state index in [0.29, 0.717) is 29.7 Å². The van der Waals surface area contributed by atoms with Crippen molar-refractivity contribution in [3.63, 3.8) is 0 Å². The second kappa shape index (κ2) is 12.3. The van der Waals surface area contributed by atoms with E-state index < -0.39 is 24.3 Å². The Morgan fingerprint density at radius 1 is 1.12 bits per heavy atom. The summed E-state index contributed by atoms with van der Waals surface area (Å²) in [4.78, 5) is 17.6. The number of nitrogens with one attached hydrogen (secondary N) is 2. The number of benzene rings is 1. The highest BCUT2D eigenvalue weighted by Crippen LogP contribution is 2.48. The summed E-state index contributed by atoms with van der Waals surface area (Å²) in [6.07, 6.45) is 5.20. The molecular weight excluding hydrogens is 514 g/mol. The summed E-state index contributed by atoms with van der Waals surface area (Å²) in [6, 6.07) is 7.18. The molecule has 40 heavy (non-hydrogen) atoms. The number of carbonyl (C=O) groups excluding carboxylic acids is 1. The van der Waals surface area contributed by atoms with E-state index in [4.69, 9.17) is 28.7 Å². The summed E-state index contributed by atoms with van der Waals surface area (Å²) >= 11 is 0. The number of fused-ring (bicyclic) bond motifs is 2. The van der Waals surface area contributed by atoms with E-state index in [0.717, 1.165) is 43.2 Å². The zero-order valence-electron chi connectivity index (χ0n) is 23.8. The van der Waals surface area contributed by atoms with E-state index in [1.54, 1.807) is 0 Å². The van der Waals surface area contributed by atoms with Crippen molar-refractivity contribution in [3.05, 3.63) is 47.2 Å². The molecule has 3 atom stereocenters. The Balaban J connectivity index is 1.33. The van der Waals surface area contributed by atoms with Crippen molar-refractivity contribution in [3.8, 4) is 17.4 Å². The number of hydrogen-bond donors (Lipinski definition) is 3. The molecule has 1 saturated carbocycles. The highest BCUT2D eigenvalue weighted by atomic mass is 16.7. The first-order chi connectivity index (χ1) is 19.3. The third-order valence-electron chi connectivity index (χ3n) is 8.01. The smallest absolute Gasteiger partial charge is 0.277 e. The predicted molar refractivity (Wildman–Crippen MR) is 147 cm³/mol. The van der Waals surface area contributed by atoms with Gasteiger partial charge in [0.25, 0.3) is 5.91 Å². The van der Waals surface area contributed by atoms with Gasteiger partial charge in [0.15, 0.2) is 11.5 Å². The summed E-state index contributed by atoms with van der Waals surface area (Å²) < 4.78 is 27.6. The van der Waals surface area contributed by atoms with Gasteiger partial charge in [-0.3, -0.25) is 4.79 Å². The Kier molecular flexibility index (Phi) is 8.80. The largest absolute Gasteiger partial charge is 0.471 e. The van der Waals surface area contributed by atoms with Crippen molar-refractivity contribution in [2.45, 2.75) is 82.5 Å². The fraction of sp³-hybridized carbons (Fsp3) is 0.600. The molecule has 0 radical (unpaired) electrons. The lowest BCUT2D eigenvalue weighted by molar-refractivity contribution is -0.160. The number of aliphatic hydroxyl groups excluding tert-OH is 1. The zero-order chi connectivity index (χ0) is 28.3. The number of pyridine rings is 1. The van der Waals surface area contributed by atoms with Gasteiger partial charge in [0.05, 0.1) is 12.1 Å². The lowest BCUT2D eigenvalue weighted by atomic mass is 9.73. The maximum atomic E-state index is 12.9. The summed E-state index contributed by atoms with van der Waals surface area (Å²) in [5.74, 6) is 2.06. The summed E-state index contributed by atoms with van der Waals surface area (Å²) in [7, 11) is 2.80. The third kappa shape index (κ3) is 6.35. The van der Waals surface area contributed by atoms with E-state index in [9.17, 15) is 9.90 Å². The van der Waals surface area contributed by atoms with Crippen molar-refractivity contribution in [2.24, 2.45) is 5.92 Å². The summed E-state index contributed by atoms with van der Waals surface area (Å²) in [5, 5.41) is 17.9. The van der Waals surface area contributed by atoms with Gasteiger partial charge < -0.3 is 39.4 Å². The van der Waals surface area contributed by atoms with Crippen molar-refractivity contribution in [2.75, 3.05) is 27.6 Å². The van der Waals surface area contributed by atoms with Crippen LogP contribution >= 0.6 is 0 Å². The number of methoxy groups -OCH3 is 2. The van der Waals surface area contributed by atoms with Gasteiger partial charge in [-0.15, -0.1) is 0 Å².